The molecule has 2 aliphatic rings. The van der Waals surface area contributed by atoms with E-state index in [0.29, 0.717) is 0 Å². The molecule has 5 aromatic carbocycles. The minimum absolute atomic E-state index is 0.169. The van der Waals surface area contributed by atoms with Crippen molar-refractivity contribution in [1.29, 1.82) is 0 Å². The summed E-state index contributed by atoms with van der Waals surface area (Å²) in [5.41, 5.74) is 11.1. The molecule has 6 aromatic rings. The molecule has 4 nitrogen and oxygen atoms in total. The number of nitrogens with zero attached hydrogens (tertiary/aromatic N) is 4. The van der Waals surface area contributed by atoms with Gasteiger partial charge in [0.25, 0.3) is 0 Å². The van der Waals surface area contributed by atoms with Gasteiger partial charge in [0, 0.05) is 53.8 Å². The quantitative estimate of drug-likeness (QED) is 0.187. The lowest BCUT2D eigenvalue weighted by molar-refractivity contribution is 0.496. The minimum Gasteiger partial charge on any atom is -0.361 e. The molecule has 1 aliphatic carbocycles. The van der Waals surface area contributed by atoms with Gasteiger partial charge < -0.3 is 14.7 Å². The van der Waals surface area contributed by atoms with Crippen molar-refractivity contribution in [2.45, 2.75) is 24.7 Å². The van der Waals surface area contributed by atoms with Gasteiger partial charge >= 0.3 is 0 Å². The highest BCUT2D eigenvalue weighted by atomic mass is 15.3. The molecule has 0 N–H and O–H groups in total. The van der Waals surface area contributed by atoms with Crippen LogP contribution in [0.2, 0.25) is 0 Å². The number of fused-ring (bicyclic) bond motifs is 2. The summed E-state index contributed by atoms with van der Waals surface area (Å²) in [6, 6.07) is 52.8. The number of aromatic nitrogens is 1. The van der Waals surface area contributed by atoms with Gasteiger partial charge in [0.05, 0.1) is 17.8 Å². The fourth-order valence-corrected chi connectivity index (χ4v) is 7.73. The van der Waals surface area contributed by atoms with Gasteiger partial charge in [0.1, 0.15) is 0 Å². The van der Waals surface area contributed by atoms with E-state index in [2.05, 4.69) is 188 Å². The summed E-state index contributed by atoms with van der Waals surface area (Å²) in [6.07, 6.45) is 6.18. The molecule has 0 amide bonds. The predicted molar refractivity (Wildman–Crippen MR) is 194 cm³/mol. The molecule has 0 saturated heterocycles. The number of hydrogen-bond acceptors (Lipinski definition) is 4. The van der Waals surface area contributed by atoms with E-state index in [-0.39, 0.29) is 5.41 Å². The Bertz CT molecular complexity index is 2030. The van der Waals surface area contributed by atoms with Crippen molar-refractivity contribution in [2.75, 3.05) is 23.5 Å². The van der Waals surface area contributed by atoms with Crippen molar-refractivity contribution in [3.8, 4) is 0 Å². The molecule has 0 spiro atoms. The highest BCUT2D eigenvalue weighted by molar-refractivity contribution is 5.80. The predicted octanol–water partition coefficient (Wildman–Crippen LogP) is 9.75. The van der Waals surface area contributed by atoms with Crippen molar-refractivity contribution >= 4 is 22.7 Å². The number of pyridine rings is 1. The van der Waals surface area contributed by atoms with Crippen LogP contribution in [-0.2, 0) is 10.8 Å². The van der Waals surface area contributed by atoms with E-state index in [1.165, 1.54) is 27.8 Å². The highest BCUT2D eigenvalue weighted by Gasteiger charge is 2.49. The van der Waals surface area contributed by atoms with Gasteiger partial charge in [0.15, 0.2) is 0 Å². The second-order valence-electron chi connectivity index (χ2n) is 13.1. The summed E-state index contributed by atoms with van der Waals surface area (Å²) in [6.45, 7) is 5.52. The Morgan fingerprint density at radius 3 is 1.81 bits per heavy atom. The zero-order valence-electron chi connectivity index (χ0n) is 27.1. The largest absolute Gasteiger partial charge is 0.361 e. The summed E-state index contributed by atoms with van der Waals surface area (Å²) in [4.78, 5) is 11.9. The van der Waals surface area contributed by atoms with Gasteiger partial charge in [-0.25, -0.2) is 0 Å². The van der Waals surface area contributed by atoms with Crippen molar-refractivity contribution in [1.82, 2.24) is 9.88 Å². The van der Waals surface area contributed by atoms with E-state index in [1.807, 2.05) is 12.3 Å². The van der Waals surface area contributed by atoms with Gasteiger partial charge in [0.2, 0.25) is 0 Å². The normalized spacial score (nSPS) is 15.6. The average molecular weight is 611 g/mol. The monoisotopic (exact) mass is 610 g/mol. The summed E-state index contributed by atoms with van der Waals surface area (Å²) in [5.74, 6) is 0. The van der Waals surface area contributed by atoms with Crippen LogP contribution in [0, 0.1) is 0 Å². The molecule has 0 atom stereocenters. The van der Waals surface area contributed by atoms with Crippen LogP contribution >= 0.6 is 0 Å². The molecule has 0 unspecified atom stereocenters. The van der Waals surface area contributed by atoms with Crippen LogP contribution in [0.1, 0.15) is 47.4 Å². The first-order valence-electron chi connectivity index (χ1n) is 16.3. The maximum atomic E-state index is 5.12. The number of benzene rings is 5. The van der Waals surface area contributed by atoms with Gasteiger partial charge in [-0.15, -0.1) is 0 Å². The number of rotatable bonds is 6. The third kappa shape index (κ3) is 4.63. The van der Waals surface area contributed by atoms with E-state index >= 15 is 0 Å². The first kappa shape index (κ1) is 28.8. The zero-order chi connectivity index (χ0) is 32.0. The topological polar surface area (TPSA) is 22.6 Å². The molecule has 2 heterocycles. The Morgan fingerprint density at radius 2 is 1.17 bits per heavy atom. The Morgan fingerprint density at radius 1 is 0.574 bits per heavy atom. The van der Waals surface area contributed by atoms with E-state index in [1.54, 1.807) is 0 Å². The lowest BCUT2D eigenvalue weighted by atomic mass is 9.55. The van der Waals surface area contributed by atoms with Crippen molar-refractivity contribution in [3.05, 3.63) is 198 Å². The van der Waals surface area contributed by atoms with Gasteiger partial charge in [-0.1, -0.05) is 105 Å². The molecule has 8 rings (SSSR count). The second-order valence-corrected chi connectivity index (χ2v) is 13.1. The third-order valence-electron chi connectivity index (χ3n) is 9.91. The number of hydrogen-bond donors (Lipinski definition) is 0. The molecular weight excluding hydrogens is 573 g/mol. The lowest BCUT2D eigenvalue weighted by Gasteiger charge is -2.47. The maximum Gasteiger partial charge on any atom is 0.0938 e. The van der Waals surface area contributed by atoms with E-state index in [4.69, 9.17) is 4.98 Å². The van der Waals surface area contributed by atoms with Crippen LogP contribution in [0.25, 0.3) is 0 Å². The van der Waals surface area contributed by atoms with Crippen LogP contribution < -0.4 is 9.80 Å². The van der Waals surface area contributed by atoms with Crippen LogP contribution in [0.3, 0.4) is 0 Å². The molecule has 1 aromatic heterocycles. The van der Waals surface area contributed by atoms with Gasteiger partial charge in [-0.05, 0) is 82.4 Å². The van der Waals surface area contributed by atoms with Crippen LogP contribution in [0.5, 0.6) is 0 Å². The van der Waals surface area contributed by atoms with Gasteiger partial charge in [-0.3, -0.25) is 4.98 Å². The lowest BCUT2D eigenvalue weighted by Crippen LogP contribution is -2.42. The molecule has 47 heavy (non-hydrogen) atoms. The Balaban J connectivity index is 1.38. The summed E-state index contributed by atoms with van der Waals surface area (Å²) in [5, 5.41) is 0. The first-order chi connectivity index (χ1) is 23.0. The standard InChI is InChI=1S/C43H38N4/c1-42(2)37-21-7-9-23-39(37)43(41-25-11-12-26-44-41,40-24-10-8-22-38(40)42)32-15-13-19-35(29-32)47(33-16-5-4-6-17-33)36-20-14-18-34(30-36)46-28-27-45(3)31-46/h4-30H,31H2,1-3H3. The molecule has 4 heteroatoms. The highest BCUT2D eigenvalue weighted by Crippen LogP contribution is 2.56. The maximum absolute atomic E-state index is 5.12. The van der Waals surface area contributed by atoms with Gasteiger partial charge in [-0.2, -0.15) is 0 Å². The Kier molecular flexibility index (Phi) is 6.95. The van der Waals surface area contributed by atoms with E-state index in [0.717, 1.165) is 35.1 Å². The SMILES string of the molecule is CN1C=CN(c2cccc(N(c3ccccc3)c3cccc(C4(c5ccccn5)c5ccccc5C(C)(C)c5ccccc54)c3)c2)C1. The molecule has 0 saturated carbocycles. The zero-order valence-corrected chi connectivity index (χ0v) is 27.1. The van der Waals surface area contributed by atoms with E-state index in [9.17, 15) is 0 Å². The molecule has 230 valence electrons. The molecule has 0 bridgehead atoms. The number of para-hydroxylation sites is 1. The summed E-state index contributed by atoms with van der Waals surface area (Å²) >= 11 is 0. The summed E-state index contributed by atoms with van der Waals surface area (Å²) < 4.78 is 0. The molecule has 1 aliphatic heterocycles. The van der Waals surface area contributed by atoms with Crippen LogP contribution in [-0.4, -0.2) is 23.6 Å². The fraction of sp³-hybridized carbons (Fsp3) is 0.140. The number of anilines is 4. The smallest absolute Gasteiger partial charge is 0.0938 e. The van der Waals surface area contributed by atoms with Crippen LogP contribution in [0.4, 0.5) is 22.7 Å². The Labute approximate surface area is 277 Å². The van der Waals surface area contributed by atoms with Crippen molar-refractivity contribution in [2.24, 2.45) is 0 Å². The summed E-state index contributed by atoms with van der Waals surface area (Å²) in [7, 11) is 2.10. The molecular formula is C43H38N4. The Hall–Kier alpha value is -5.61. The first-order valence-corrected chi connectivity index (χ1v) is 16.3. The molecule has 0 radical (unpaired) electrons. The second kappa shape index (κ2) is 11.3. The van der Waals surface area contributed by atoms with Crippen molar-refractivity contribution in [3.63, 3.8) is 0 Å². The fourth-order valence-electron chi connectivity index (χ4n) is 7.73. The minimum atomic E-state index is -0.616. The average Bonchev–Trinajstić information content (AvgIpc) is 3.56. The third-order valence-corrected chi connectivity index (χ3v) is 9.91. The van der Waals surface area contributed by atoms with Crippen molar-refractivity contribution < 1.29 is 0 Å². The molecule has 0 fully saturated rings. The van der Waals surface area contributed by atoms with Crippen LogP contribution in [0.15, 0.2) is 164 Å². The van der Waals surface area contributed by atoms with E-state index < -0.39 is 5.41 Å².